The van der Waals surface area contributed by atoms with E-state index in [4.69, 9.17) is 9.72 Å². The fourth-order valence-corrected chi connectivity index (χ4v) is 7.38. The zero-order valence-corrected chi connectivity index (χ0v) is 20.3. The van der Waals surface area contributed by atoms with Gasteiger partial charge in [-0.05, 0) is 55.0 Å². The molecule has 9 heteroatoms. The summed E-state index contributed by atoms with van der Waals surface area (Å²) in [5.41, 5.74) is 3.20. The van der Waals surface area contributed by atoms with Crippen molar-refractivity contribution in [3.63, 3.8) is 0 Å². The van der Waals surface area contributed by atoms with Crippen LogP contribution in [0.4, 0.5) is 0 Å². The van der Waals surface area contributed by atoms with E-state index in [1.165, 1.54) is 14.7 Å². The molecule has 3 aromatic rings. The molecule has 1 aromatic carbocycles. The predicted octanol–water partition coefficient (Wildman–Crippen LogP) is 3.65. The van der Waals surface area contributed by atoms with Crippen LogP contribution in [-0.4, -0.2) is 60.0 Å². The number of aryl methyl sites for hydroxylation is 1. The van der Waals surface area contributed by atoms with Crippen molar-refractivity contribution in [2.45, 2.75) is 50.7 Å². The number of aromatic nitrogens is 2. The van der Waals surface area contributed by atoms with Gasteiger partial charge in [0.05, 0.1) is 35.7 Å². The van der Waals surface area contributed by atoms with E-state index in [2.05, 4.69) is 34.8 Å². The van der Waals surface area contributed by atoms with E-state index in [9.17, 15) is 8.42 Å². The van der Waals surface area contributed by atoms with Gasteiger partial charge >= 0.3 is 0 Å². The number of hydrogen-bond acceptors (Lipinski definition) is 6. The second-order valence-corrected chi connectivity index (χ2v) is 11.3. The minimum Gasteiger partial charge on any atom is -0.379 e. The molecule has 0 N–H and O–H groups in total. The highest BCUT2D eigenvalue weighted by Gasteiger charge is 2.29. The van der Waals surface area contributed by atoms with E-state index in [0.29, 0.717) is 37.2 Å². The Morgan fingerprint density at radius 3 is 2.72 bits per heavy atom. The molecule has 4 heterocycles. The van der Waals surface area contributed by atoms with Gasteiger partial charge in [-0.3, -0.25) is 4.90 Å². The lowest BCUT2D eigenvalue weighted by Crippen LogP contribution is -2.40. The summed E-state index contributed by atoms with van der Waals surface area (Å²) >= 11 is 1.86. The Morgan fingerprint density at radius 1 is 1.16 bits per heavy atom. The number of ether oxygens (including phenoxy) is 1. The molecule has 0 amide bonds. The van der Waals surface area contributed by atoms with Crippen LogP contribution < -0.4 is 0 Å². The van der Waals surface area contributed by atoms with E-state index in [-0.39, 0.29) is 0 Å². The minimum absolute atomic E-state index is 0.312. The molecule has 0 radical (unpaired) electrons. The van der Waals surface area contributed by atoms with Crippen LogP contribution in [0.15, 0.2) is 34.5 Å². The normalized spacial score (nSPS) is 20.6. The van der Waals surface area contributed by atoms with Crippen LogP contribution in [0.3, 0.4) is 0 Å². The third-order valence-electron chi connectivity index (χ3n) is 6.66. The zero-order valence-electron chi connectivity index (χ0n) is 18.7. The lowest BCUT2D eigenvalue weighted by atomic mass is 9.98. The molecule has 2 aromatic heterocycles. The van der Waals surface area contributed by atoms with Gasteiger partial charge in [0.25, 0.3) is 0 Å². The van der Waals surface area contributed by atoms with Crippen molar-refractivity contribution >= 4 is 32.4 Å². The number of fused-ring (bicyclic) bond motifs is 2. The first-order chi connectivity index (χ1) is 15.5. The van der Waals surface area contributed by atoms with Crippen molar-refractivity contribution in [1.82, 2.24) is 18.8 Å². The van der Waals surface area contributed by atoms with Gasteiger partial charge in [0.2, 0.25) is 10.0 Å². The van der Waals surface area contributed by atoms with Gasteiger partial charge in [0.15, 0.2) is 0 Å². The summed E-state index contributed by atoms with van der Waals surface area (Å²) in [6.45, 7) is 8.63. The SMILES string of the molecule is CCC1c2ccsc2CCN1Cc1nc2cc(S(=O)(=O)N3CCOCC3)ccc2n1CC. The summed E-state index contributed by atoms with van der Waals surface area (Å²) in [6.07, 6.45) is 2.15. The first kappa shape index (κ1) is 22.0. The molecule has 0 spiro atoms. The lowest BCUT2D eigenvalue weighted by Gasteiger charge is -2.35. The maximum Gasteiger partial charge on any atom is 0.243 e. The molecule has 2 aliphatic heterocycles. The van der Waals surface area contributed by atoms with E-state index >= 15 is 0 Å². The Hall–Kier alpha value is -1.78. The van der Waals surface area contributed by atoms with Crippen LogP contribution in [0, 0.1) is 0 Å². The molecule has 172 valence electrons. The summed E-state index contributed by atoms with van der Waals surface area (Å²) in [5.74, 6) is 1.00. The molecule has 0 saturated carbocycles. The third kappa shape index (κ3) is 3.80. The van der Waals surface area contributed by atoms with Gasteiger partial charge in [0, 0.05) is 37.1 Å². The second kappa shape index (κ2) is 8.87. The third-order valence-corrected chi connectivity index (χ3v) is 9.55. The Kier molecular flexibility index (Phi) is 6.11. The molecule has 5 rings (SSSR count). The minimum atomic E-state index is -3.54. The lowest BCUT2D eigenvalue weighted by molar-refractivity contribution is 0.0730. The van der Waals surface area contributed by atoms with Gasteiger partial charge in [0.1, 0.15) is 5.82 Å². The molecule has 32 heavy (non-hydrogen) atoms. The number of sulfonamides is 1. The number of morpholine rings is 1. The smallest absolute Gasteiger partial charge is 0.243 e. The maximum atomic E-state index is 13.1. The number of nitrogens with zero attached hydrogens (tertiary/aromatic N) is 4. The van der Waals surface area contributed by atoms with Gasteiger partial charge in [-0.2, -0.15) is 4.31 Å². The molecule has 1 atom stereocenters. The average molecular weight is 475 g/mol. The first-order valence-electron chi connectivity index (χ1n) is 11.4. The monoisotopic (exact) mass is 474 g/mol. The van der Waals surface area contributed by atoms with Crippen LogP contribution in [0.25, 0.3) is 11.0 Å². The van der Waals surface area contributed by atoms with Crippen LogP contribution >= 0.6 is 11.3 Å². The maximum absolute atomic E-state index is 13.1. The van der Waals surface area contributed by atoms with Crippen LogP contribution in [0.1, 0.15) is 42.6 Å². The standard InChI is InChI=1S/C23H30N4O3S2/c1-3-20-18-8-14-31-22(18)7-9-25(20)16-23-24-19-15-17(5-6-21(19)27(23)4-2)32(28,29)26-10-12-30-13-11-26/h5-6,8,14-15,20H,3-4,7,9-13,16H2,1-2H3. The van der Waals surface area contributed by atoms with Crippen molar-refractivity contribution in [2.24, 2.45) is 0 Å². The topological polar surface area (TPSA) is 67.7 Å². The Bertz CT molecular complexity index is 1210. The van der Waals surface area contributed by atoms with E-state index < -0.39 is 10.0 Å². The van der Waals surface area contributed by atoms with E-state index in [1.54, 1.807) is 12.1 Å². The molecule has 1 fully saturated rings. The number of thiophene rings is 1. The Morgan fingerprint density at radius 2 is 1.97 bits per heavy atom. The molecule has 0 aliphatic carbocycles. The van der Waals surface area contributed by atoms with Crippen molar-refractivity contribution < 1.29 is 13.2 Å². The highest BCUT2D eigenvalue weighted by Crippen LogP contribution is 2.36. The van der Waals surface area contributed by atoms with Crippen molar-refractivity contribution in [3.8, 4) is 0 Å². The van der Waals surface area contributed by atoms with E-state index in [1.807, 2.05) is 17.4 Å². The van der Waals surface area contributed by atoms with Crippen molar-refractivity contribution in [2.75, 3.05) is 32.8 Å². The molecule has 1 saturated heterocycles. The highest BCUT2D eigenvalue weighted by atomic mass is 32.2. The number of benzene rings is 1. The quantitative estimate of drug-likeness (QED) is 0.546. The summed E-state index contributed by atoms with van der Waals surface area (Å²) in [4.78, 5) is 9.27. The molecular weight excluding hydrogens is 444 g/mol. The van der Waals surface area contributed by atoms with Crippen LogP contribution in [0.5, 0.6) is 0 Å². The first-order valence-corrected chi connectivity index (χ1v) is 13.7. The molecule has 0 bridgehead atoms. The van der Waals surface area contributed by atoms with Crippen LogP contribution in [0.2, 0.25) is 0 Å². The average Bonchev–Trinajstić information content (AvgIpc) is 3.43. The Balaban J connectivity index is 1.47. The van der Waals surface area contributed by atoms with Gasteiger partial charge in [-0.15, -0.1) is 11.3 Å². The summed E-state index contributed by atoms with van der Waals surface area (Å²) in [7, 11) is -3.54. The fraction of sp³-hybridized carbons (Fsp3) is 0.522. The molecule has 2 aliphatic rings. The second-order valence-electron chi connectivity index (χ2n) is 8.38. The zero-order chi connectivity index (χ0) is 22.3. The number of hydrogen-bond donors (Lipinski definition) is 0. The predicted molar refractivity (Wildman–Crippen MR) is 126 cm³/mol. The highest BCUT2D eigenvalue weighted by molar-refractivity contribution is 7.89. The van der Waals surface area contributed by atoms with Crippen molar-refractivity contribution in [3.05, 3.63) is 45.9 Å². The molecule has 7 nitrogen and oxygen atoms in total. The fourth-order valence-electron chi connectivity index (χ4n) is 5.03. The largest absolute Gasteiger partial charge is 0.379 e. The Labute approximate surface area is 193 Å². The van der Waals surface area contributed by atoms with Crippen LogP contribution in [-0.2, 0) is 34.3 Å². The summed E-state index contributed by atoms with van der Waals surface area (Å²) in [6, 6.07) is 8.05. The van der Waals surface area contributed by atoms with Gasteiger partial charge in [-0.1, -0.05) is 6.92 Å². The van der Waals surface area contributed by atoms with E-state index in [0.717, 1.165) is 49.3 Å². The summed E-state index contributed by atoms with van der Waals surface area (Å²) in [5, 5.41) is 2.20. The van der Waals surface area contributed by atoms with Gasteiger partial charge < -0.3 is 9.30 Å². The molecule has 1 unspecified atom stereocenters. The van der Waals surface area contributed by atoms with Crippen molar-refractivity contribution in [1.29, 1.82) is 0 Å². The summed E-state index contributed by atoms with van der Waals surface area (Å²) < 4.78 is 35.3. The molecular formula is C23H30N4O3S2. The van der Waals surface area contributed by atoms with Gasteiger partial charge in [-0.25, -0.2) is 13.4 Å². The number of imidazole rings is 1. The number of rotatable bonds is 6.